The number of oxime groups is 1. The minimum Gasteiger partial charge on any atom is -0.478 e. The lowest BCUT2D eigenvalue weighted by atomic mass is 9.71. The summed E-state index contributed by atoms with van der Waals surface area (Å²) in [5, 5.41) is 26.2. The summed E-state index contributed by atoms with van der Waals surface area (Å²) in [7, 11) is 3.49. The Balaban J connectivity index is 1.29. The number of hydrogen-bond acceptors (Lipinski definition) is 11. The van der Waals surface area contributed by atoms with Gasteiger partial charge in [0.1, 0.15) is 13.2 Å². The Labute approximate surface area is 227 Å². The highest BCUT2D eigenvalue weighted by atomic mass is 32.2. The van der Waals surface area contributed by atoms with Gasteiger partial charge >= 0.3 is 5.97 Å². The summed E-state index contributed by atoms with van der Waals surface area (Å²) >= 11 is 2.35. The number of hydrogen-bond donors (Lipinski definition) is 4. The van der Waals surface area contributed by atoms with Crippen LogP contribution in [0.15, 0.2) is 28.5 Å². The number of allylic oxidation sites excluding steroid dienone is 1. The number of piperidine rings is 1. The monoisotopic (exact) mass is 563 g/mol. The second-order valence-corrected chi connectivity index (χ2v) is 12.3. The van der Waals surface area contributed by atoms with Crippen LogP contribution in [0.4, 0.5) is 5.13 Å². The first-order valence-corrected chi connectivity index (χ1v) is 14.3. The predicted octanol–water partition coefficient (Wildman–Crippen LogP) is 0.340. The molecule has 3 fully saturated rings. The Hall–Kier alpha value is -2.81. The fourth-order valence-corrected chi connectivity index (χ4v) is 8.28. The zero-order valence-electron chi connectivity index (χ0n) is 21.1. The predicted molar refractivity (Wildman–Crippen MR) is 141 cm³/mol. The number of thioether (sulfide) groups is 1. The number of rotatable bonds is 8. The van der Waals surface area contributed by atoms with Crippen LogP contribution in [0, 0.1) is 5.92 Å². The molecule has 4 heterocycles. The lowest BCUT2D eigenvalue weighted by molar-refractivity contribution is -0.944. The number of aliphatic carboxylic acids is 1. The Morgan fingerprint density at radius 1 is 1.32 bits per heavy atom. The van der Waals surface area contributed by atoms with Crippen molar-refractivity contribution in [1.82, 2.24) is 14.7 Å². The molecular weight excluding hydrogens is 532 g/mol. The van der Waals surface area contributed by atoms with Crippen molar-refractivity contribution in [3.63, 3.8) is 0 Å². The van der Waals surface area contributed by atoms with Gasteiger partial charge in [-0.15, -0.1) is 0 Å². The van der Waals surface area contributed by atoms with Crippen molar-refractivity contribution in [3.8, 4) is 0 Å². The number of carboxylic acid groups (broad SMARTS) is 1. The van der Waals surface area contributed by atoms with Gasteiger partial charge in [-0.25, -0.2) is 4.79 Å². The molecule has 2 saturated heterocycles. The molecule has 14 heteroatoms. The van der Waals surface area contributed by atoms with E-state index < -0.39 is 29.1 Å². The largest absolute Gasteiger partial charge is 0.478 e. The first kappa shape index (κ1) is 26.8. The van der Waals surface area contributed by atoms with Crippen LogP contribution >= 0.6 is 23.3 Å². The standard InChI is InChI=1S/C24H30N6O6S2/c1-30(12-5-6-13(30)9-14(31)8-12)7-3-4-11-10-37-20-16(15(11)23(34)35)19(32)17(20)26-22(33)18(28-36-2)21-27-24(25)38-29-21/h3-4,12-14,16-17,20,31H,5-10H2,1-2H3,(H3-,25,26,27,29,33,34,35)/p+1/b4-3+,28-18-/t12-,13+,14?,16?,17-,20+,30?/m1/s1. The van der Waals surface area contributed by atoms with Gasteiger partial charge in [-0.2, -0.15) is 21.1 Å². The molecule has 12 nitrogen and oxygen atoms in total. The average Bonchev–Trinajstić information content (AvgIpc) is 3.35. The van der Waals surface area contributed by atoms with E-state index in [9.17, 15) is 24.6 Å². The molecule has 0 radical (unpaired) electrons. The number of anilines is 1. The first-order valence-electron chi connectivity index (χ1n) is 12.5. The number of ketones is 1. The molecule has 1 aliphatic carbocycles. The van der Waals surface area contributed by atoms with Gasteiger partial charge in [-0.1, -0.05) is 11.2 Å². The van der Waals surface area contributed by atoms with Crippen LogP contribution in [0.5, 0.6) is 0 Å². The molecular formula is C24H31N6O6S2+. The van der Waals surface area contributed by atoms with Gasteiger partial charge in [0.2, 0.25) is 11.5 Å². The summed E-state index contributed by atoms with van der Waals surface area (Å²) in [5.74, 6) is -2.59. The van der Waals surface area contributed by atoms with E-state index in [0.29, 0.717) is 23.4 Å². The van der Waals surface area contributed by atoms with Crippen LogP contribution in [-0.4, -0.2) is 103 Å². The molecule has 1 aromatic heterocycles. The van der Waals surface area contributed by atoms with E-state index >= 15 is 0 Å². The van der Waals surface area contributed by atoms with Gasteiger partial charge in [0, 0.05) is 48.2 Å². The number of nitrogens with one attached hydrogen (secondary N) is 1. The lowest BCUT2D eigenvalue weighted by Gasteiger charge is -2.46. The van der Waals surface area contributed by atoms with Gasteiger partial charge in [-0.3, -0.25) is 9.59 Å². The summed E-state index contributed by atoms with van der Waals surface area (Å²) in [4.78, 5) is 46.9. The van der Waals surface area contributed by atoms with E-state index in [2.05, 4.69) is 26.9 Å². The van der Waals surface area contributed by atoms with E-state index in [0.717, 1.165) is 48.2 Å². The molecule has 0 aromatic carbocycles. The van der Waals surface area contributed by atoms with Gasteiger partial charge in [0.25, 0.3) is 5.91 Å². The van der Waals surface area contributed by atoms with Crippen molar-refractivity contribution in [3.05, 3.63) is 29.1 Å². The molecule has 0 spiro atoms. The number of likely N-dealkylation sites (N-methyl/N-ethyl adjacent to an activating group) is 1. The molecule has 2 bridgehead atoms. The number of aromatic nitrogens is 2. The number of amides is 1. The number of carboxylic acids is 1. The van der Waals surface area contributed by atoms with Crippen LogP contribution in [-0.2, 0) is 19.2 Å². The number of nitrogens with two attached hydrogens (primary N) is 1. The number of nitrogens with zero attached hydrogens (tertiary/aromatic N) is 4. The zero-order chi connectivity index (χ0) is 27.2. The molecule has 3 unspecified atom stereocenters. The quantitative estimate of drug-likeness (QED) is 0.196. The maximum Gasteiger partial charge on any atom is 0.332 e. The zero-order valence-corrected chi connectivity index (χ0v) is 22.7. The number of aliphatic hydroxyl groups is 1. The number of carbonyl (C=O) groups is 3. The Kier molecular flexibility index (Phi) is 7.33. The molecule has 4 aliphatic rings. The van der Waals surface area contributed by atoms with Crippen molar-refractivity contribution in [2.45, 2.75) is 55.2 Å². The number of fused-ring (bicyclic) bond motifs is 3. The molecule has 1 amide bonds. The normalized spacial score (nSPS) is 34.7. The number of Topliss-reactive ketones (excluding diaryl/α,β-unsaturated/α-hetero) is 1. The highest BCUT2D eigenvalue weighted by molar-refractivity contribution is 8.00. The summed E-state index contributed by atoms with van der Waals surface area (Å²) in [6.07, 6.45) is 7.42. The number of carbonyl (C=O) groups excluding carboxylic acids is 2. The van der Waals surface area contributed by atoms with E-state index in [1.165, 1.54) is 18.9 Å². The SMILES string of the molecule is CO/N=C(\C(=O)N[C@@H]1C(=O)C2C(C(=O)O)=C(/C=C/C[N+]3(C)[C@@H]4CC[C@H]3CC(O)C4)CS[C@@H]21)c1nsc(N)n1. The van der Waals surface area contributed by atoms with Crippen LogP contribution < -0.4 is 11.1 Å². The van der Waals surface area contributed by atoms with Crippen LogP contribution in [0.25, 0.3) is 0 Å². The Morgan fingerprint density at radius 2 is 2.03 bits per heavy atom. The molecule has 5 N–H and O–H groups in total. The second-order valence-electron chi connectivity index (χ2n) is 10.4. The number of nitrogen functional groups attached to an aromatic ring is 1. The maximum atomic E-state index is 13.1. The van der Waals surface area contributed by atoms with E-state index in [1.807, 2.05) is 12.2 Å². The summed E-state index contributed by atoms with van der Waals surface area (Å²) < 4.78 is 4.84. The molecule has 1 saturated carbocycles. The molecule has 7 atom stereocenters. The van der Waals surface area contributed by atoms with Crippen LogP contribution in [0.1, 0.15) is 31.5 Å². The minimum absolute atomic E-state index is 0.0157. The second kappa shape index (κ2) is 10.4. The topological polar surface area (TPSA) is 177 Å². The number of quaternary nitrogens is 1. The highest BCUT2D eigenvalue weighted by Crippen LogP contribution is 2.46. The molecule has 38 heavy (non-hydrogen) atoms. The molecule has 5 rings (SSSR count). The van der Waals surface area contributed by atoms with Crippen molar-refractivity contribution >= 4 is 51.8 Å². The summed E-state index contributed by atoms with van der Waals surface area (Å²) in [5.41, 5.74) is 6.11. The maximum absolute atomic E-state index is 13.1. The Bertz CT molecular complexity index is 1230. The van der Waals surface area contributed by atoms with Gasteiger partial charge in [0.15, 0.2) is 10.9 Å². The van der Waals surface area contributed by atoms with Crippen LogP contribution in [0.3, 0.4) is 0 Å². The minimum atomic E-state index is -1.12. The van der Waals surface area contributed by atoms with Crippen molar-refractivity contribution in [1.29, 1.82) is 0 Å². The van der Waals surface area contributed by atoms with Crippen molar-refractivity contribution in [2.75, 3.05) is 32.2 Å². The Morgan fingerprint density at radius 3 is 2.63 bits per heavy atom. The van der Waals surface area contributed by atoms with E-state index in [4.69, 9.17) is 10.6 Å². The smallest absolute Gasteiger partial charge is 0.332 e. The third kappa shape index (κ3) is 4.63. The van der Waals surface area contributed by atoms with Gasteiger partial charge < -0.3 is 30.6 Å². The first-order chi connectivity index (χ1) is 18.1. The summed E-state index contributed by atoms with van der Waals surface area (Å²) in [6.45, 7) is 0.751. The van der Waals surface area contributed by atoms with Gasteiger partial charge in [0.05, 0.1) is 43.3 Å². The van der Waals surface area contributed by atoms with E-state index in [-0.39, 0.29) is 34.1 Å². The molecule has 3 aliphatic heterocycles. The molecule has 1 aromatic rings. The van der Waals surface area contributed by atoms with Crippen molar-refractivity contribution < 1.29 is 33.9 Å². The van der Waals surface area contributed by atoms with E-state index in [1.54, 1.807) is 0 Å². The third-order valence-corrected chi connectivity index (χ3v) is 10.3. The van der Waals surface area contributed by atoms with Crippen LogP contribution in [0.2, 0.25) is 0 Å². The van der Waals surface area contributed by atoms with Crippen molar-refractivity contribution in [2.24, 2.45) is 11.1 Å². The fraction of sp³-hybridized carbons (Fsp3) is 0.583. The lowest BCUT2D eigenvalue weighted by Crippen LogP contribution is -2.65. The van der Waals surface area contributed by atoms with Gasteiger partial charge in [-0.05, 0) is 11.6 Å². The summed E-state index contributed by atoms with van der Waals surface area (Å²) in [6, 6.07) is -0.0479. The third-order valence-electron chi connectivity index (χ3n) is 8.33. The average molecular weight is 564 g/mol. The fourth-order valence-electron chi connectivity index (χ4n) is 6.37. The highest BCUT2D eigenvalue weighted by Gasteiger charge is 2.56. The number of aliphatic hydroxyl groups excluding tert-OH is 1. The molecule has 204 valence electrons.